The van der Waals surface area contributed by atoms with Gasteiger partial charge in [0, 0.05) is 19.6 Å². The van der Waals surface area contributed by atoms with Crippen molar-refractivity contribution in [3.8, 4) is 0 Å². The monoisotopic (exact) mass is 367 g/mol. The Morgan fingerprint density at radius 1 is 1.16 bits per heavy atom. The second-order valence-electron chi connectivity index (χ2n) is 4.62. The van der Waals surface area contributed by atoms with E-state index in [4.69, 9.17) is 25.5 Å². The van der Waals surface area contributed by atoms with E-state index in [1.807, 2.05) is 0 Å². The molecule has 0 aromatic heterocycles. The van der Waals surface area contributed by atoms with Crippen molar-refractivity contribution in [2.75, 3.05) is 26.4 Å². The van der Waals surface area contributed by atoms with Crippen LogP contribution in [0.1, 0.15) is 12.8 Å². The molecule has 1 aliphatic rings. The largest absolute Gasteiger partial charge is 0.482 e. The molecule has 2 amide bonds. The summed E-state index contributed by atoms with van der Waals surface area (Å²) in [5, 5.41) is 49.2. The van der Waals surface area contributed by atoms with Crippen molar-refractivity contribution in [1.29, 1.82) is 0 Å². The maximum atomic E-state index is 12.0. The summed E-state index contributed by atoms with van der Waals surface area (Å²) in [7, 11) is 0. The first-order valence-corrected chi connectivity index (χ1v) is 6.86. The van der Waals surface area contributed by atoms with E-state index in [2.05, 4.69) is 0 Å². The van der Waals surface area contributed by atoms with E-state index in [0.29, 0.717) is 0 Å². The minimum atomic E-state index is -3.27. The molecule has 0 radical (unpaired) electrons. The van der Waals surface area contributed by atoms with E-state index in [1.165, 1.54) is 0 Å². The maximum Gasteiger partial charge on any atom is 0.474 e. The molecular formula is C10H17N5O10. The fourth-order valence-electron chi connectivity index (χ4n) is 1.74. The summed E-state index contributed by atoms with van der Waals surface area (Å²) in [5.41, 5.74) is 5.39. The molecule has 1 unspecified atom stereocenters. The molecule has 15 nitrogen and oxygen atoms in total. The Bertz CT molecular complexity index is 568. The van der Waals surface area contributed by atoms with Crippen LogP contribution in [0.15, 0.2) is 11.6 Å². The van der Waals surface area contributed by atoms with Gasteiger partial charge in [-0.15, -0.1) is 0 Å². The predicted octanol–water partition coefficient (Wildman–Crippen LogP) is -1.84. The zero-order valence-corrected chi connectivity index (χ0v) is 12.8. The summed E-state index contributed by atoms with van der Waals surface area (Å²) < 4.78 is 4.92. The first kappa shape index (κ1) is 20.5. The molecule has 1 rings (SSSR count). The van der Waals surface area contributed by atoms with Gasteiger partial charge in [-0.3, -0.25) is 15.3 Å². The Morgan fingerprint density at radius 3 is 2.20 bits per heavy atom. The quantitative estimate of drug-likeness (QED) is 0.111. The van der Waals surface area contributed by atoms with Crippen LogP contribution in [0, 0.1) is 20.2 Å². The number of nitrogens with two attached hydrogens (primary N) is 1. The smallest absolute Gasteiger partial charge is 0.474 e. The first-order chi connectivity index (χ1) is 11.7. The third kappa shape index (κ3) is 3.91. The zero-order chi connectivity index (χ0) is 19.2. The molecule has 0 aromatic rings. The summed E-state index contributed by atoms with van der Waals surface area (Å²) >= 11 is 0. The number of hydroxylamine groups is 4. The number of aliphatic hydroxyl groups excluding tert-OH is 2. The van der Waals surface area contributed by atoms with Crippen LogP contribution in [0.5, 0.6) is 0 Å². The van der Waals surface area contributed by atoms with Gasteiger partial charge in [-0.05, 0) is 16.4 Å². The van der Waals surface area contributed by atoms with Gasteiger partial charge >= 0.3 is 23.4 Å². The van der Waals surface area contributed by atoms with Crippen LogP contribution in [0.2, 0.25) is 0 Å². The van der Waals surface area contributed by atoms with E-state index in [1.54, 1.807) is 0 Å². The van der Waals surface area contributed by atoms with E-state index in [-0.39, 0.29) is 31.1 Å². The SMILES string of the molecule is NC1([N+](=O)[O-])C(OCCCO)=C([N+](=O)[O-])N(OCCCO)C(=O)N1O. The van der Waals surface area contributed by atoms with Crippen molar-refractivity contribution < 1.29 is 39.6 Å². The van der Waals surface area contributed by atoms with Gasteiger partial charge in [-0.2, -0.15) is 4.84 Å². The van der Waals surface area contributed by atoms with Crippen LogP contribution in [0.25, 0.3) is 0 Å². The van der Waals surface area contributed by atoms with Crippen LogP contribution in [0.4, 0.5) is 4.79 Å². The molecule has 0 aromatic carbocycles. The highest BCUT2D eigenvalue weighted by atomic mass is 16.7. The molecule has 0 saturated heterocycles. The average Bonchev–Trinajstić information content (AvgIpc) is 2.56. The molecule has 5 N–H and O–H groups in total. The van der Waals surface area contributed by atoms with Crippen LogP contribution >= 0.6 is 0 Å². The van der Waals surface area contributed by atoms with Gasteiger partial charge in [0.25, 0.3) is 0 Å². The van der Waals surface area contributed by atoms with Crippen LogP contribution in [-0.4, -0.2) is 73.6 Å². The fraction of sp³-hybridized carbons (Fsp3) is 0.700. The molecule has 142 valence electrons. The highest BCUT2D eigenvalue weighted by molar-refractivity contribution is 5.76. The summed E-state index contributed by atoms with van der Waals surface area (Å²) in [4.78, 5) is 36.9. The molecule has 0 bridgehead atoms. The van der Waals surface area contributed by atoms with Gasteiger partial charge < -0.3 is 25.1 Å². The molecule has 15 heteroatoms. The Balaban J connectivity index is 3.44. The number of rotatable bonds is 10. The Morgan fingerprint density at radius 2 is 1.72 bits per heavy atom. The number of urea groups is 1. The Hall–Kier alpha value is -2.59. The van der Waals surface area contributed by atoms with Crippen molar-refractivity contribution in [2.24, 2.45) is 5.73 Å². The molecule has 25 heavy (non-hydrogen) atoms. The lowest BCUT2D eigenvalue weighted by atomic mass is 10.2. The molecule has 0 saturated carbocycles. The molecule has 0 fully saturated rings. The van der Waals surface area contributed by atoms with E-state index >= 15 is 0 Å². The molecule has 1 heterocycles. The van der Waals surface area contributed by atoms with Gasteiger partial charge in [-0.25, -0.2) is 10.5 Å². The van der Waals surface area contributed by atoms with Crippen molar-refractivity contribution >= 4 is 6.03 Å². The lowest BCUT2D eigenvalue weighted by molar-refractivity contribution is -0.616. The number of carbonyl (C=O) groups is 1. The van der Waals surface area contributed by atoms with Crippen molar-refractivity contribution in [2.45, 2.75) is 18.6 Å². The number of hydrogen-bond donors (Lipinski definition) is 4. The zero-order valence-electron chi connectivity index (χ0n) is 12.8. The summed E-state index contributed by atoms with van der Waals surface area (Å²) in [6.45, 7) is -1.57. The highest BCUT2D eigenvalue weighted by Crippen LogP contribution is 2.32. The lowest BCUT2D eigenvalue weighted by Crippen LogP contribution is -2.69. The number of nitro groups is 2. The van der Waals surface area contributed by atoms with E-state index in [9.17, 15) is 30.2 Å². The van der Waals surface area contributed by atoms with Gasteiger partial charge in [0.2, 0.25) is 0 Å². The molecule has 1 atom stereocenters. The second-order valence-corrected chi connectivity index (χ2v) is 4.62. The summed E-state index contributed by atoms with van der Waals surface area (Å²) in [6.07, 6.45) is -0.0864. The van der Waals surface area contributed by atoms with Crippen LogP contribution in [-0.2, 0) is 9.57 Å². The van der Waals surface area contributed by atoms with E-state index < -0.39 is 51.5 Å². The Labute approximate surface area is 139 Å². The predicted molar refractivity (Wildman–Crippen MR) is 74.1 cm³/mol. The highest BCUT2D eigenvalue weighted by Gasteiger charge is 2.66. The van der Waals surface area contributed by atoms with Crippen molar-refractivity contribution in [3.63, 3.8) is 0 Å². The minimum absolute atomic E-state index is 0.0239. The number of nitrogens with zero attached hydrogens (tertiary/aromatic N) is 4. The van der Waals surface area contributed by atoms with E-state index in [0.717, 1.165) is 0 Å². The standard InChI is InChI=1S/C10H17N5O10/c11-10(15(22)23)7(24-5-1-3-16)8(14(20)21)12(9(18)13(10)19)25-6-2-4-17/h16-17,19H,1-6,11H2. The number of aliphatic hydroxyl groups is 2. The van der Waals surface area contributed by atoms with Gasteiger partial charge in [0.15, 0.2) is 0 Å². The number of carbonyl (C=O) groups excluding carboxylic acids is 1. The molecular weight excluding hydrogens is 350 g/mol. The van der Waals surface area contributed by atoms with Gasteiger partial charge in [0.05, 0.1) is 18.1 Å². The van der Waals surface area contributed by atoms with Gasteiger partial charge in [-0.1, -0.05) is 5.06 Å². The van der Waals surface area contributed by atoms with Crippen molar-refractivity contribution in [3.05, 3.63) is 31.8 Å². The summed E-state index contributed by atoms with van der Waals surface area (Å²) in [6, 6.07) is -1.70. The molecule has 0 aliphatic carbocycles. The van der Waals surface area contributed by atoms with Crippen LogP contribution in [0.3, 0.4) is 0 Å². The Kier molecular flexibility index (Phi) is 6.95. The van der Waals surface area contributed by atoms with Crippen molar-refractivity contribution in [1.82, 2.24) is 10.1 Å². The summed E-state index contributed by atoms with van der Waals surface area (Å²) in [5.74, 6) is -5.74. The second kappa shape index (κ2) is 8.49. The van der Waals surface area contributed by atoms with Crippen LogP contribution < -0.4 is 5.73 Å². The number of hydrogen-bond acceptors (Lipinski definition) is 11. The third-order valence-corrected chi connectivity index (χ3v) is 2.93. The fourth-order valence-corrected chi connectivity index (χ4v) is 1.74. The maximum absolute atomic E-state index is 12.0. The normalized spacial score (nSPS) is 20.9. The topological polar surface area (TPSA) is 215 Å². The average molecular weight is 367 g/mol. The minimum Gasteiger partial charge on any atom is -0.482 e. The van der Waals surface area contributed by atoms with Gasteiger partial charge in [0.1, 0.15) is 0 Å². The molecule has 0 spiro atoms. The lowest BCUT2D eigenvalue weighted by Gasteiger charge is -2.33. The number of ether oxygens (including phenoxy) is 1. The molecule has 1 aliphatic heterocycles. The first-order valence-electron chi connectivity index (χ1n) is 6.86. The number of amides is 2. The third-order valence-electron chi connectivity index (χ3n) is 2.93.